The van der Waals surface area contributed by atoms with Crippen LogP contribution in [0.1, 0.15) is 23.2 Å². The van der Waals surface area contributed by atoms with Crippen molar-refractivity contribution in [2.45, 2.75) is 12.8 Å². The number of nitrogens with zero attached hydrogens (tertiary/aromatic N) is 2. The van der Waals surface area contributed by atoms with Crippen LogP contribution in [-0.4, -0.2) is 48.8 Å². The molecule has 0 spiro atoms. The van der Waals surface area contributed by atoms with Crippen LogP contribution >= 0.6 is 0 Å². The maximum absolute atomic E-state index is 12.4. The Bertz CT molecular complexity index is 641. The largest absolute Gasteiger partial charge is 0.384 e. The molecule has 2 N–H and O–H groups in total. The van der Waals surface area contributed by atoms with Gasteiger partial charge in [0.25, 0.3) is 5.91 Å². The number of carbonyl (C=O) groups is 1. The molecule has 3 rings (SSSR count). The van der Waals surface area contributed by atoms with Crippen molar-refractivity contribution >= 4 is 5.91 Å². The van der Waals surface area contributed by atoms with Gasteiger partial charge < -0.3 is 19.9 Å². The molecule has 6 nitrogen and oxygen atoms in total. The van der Waals surface area contributed by atoms with Gasteiger partial charge in [-0.3, -0.25) is 4.79 Å². The van der Waals surface area contributed by atoms with Crippen LogP contribution in [0.25, 0.3) is 5.69 Å². The molecule has 6 heteroatoms. The minimum Gasteiger partial charge on any atom is -0.384 e. The highest BCUT2D eigenvalue weighted by Gasteiger charge is 2.32. The van der Waals surface area contributed by atoms with Gasteiger partial charge in [0.1, 0.15) is 0 Å². The van der Waals surface area contributed by atoms with Crippen LogP contribution in [0.5, 0.6) is 0 Å². The summed E-state index contributed by atoms with van der Waals surface area (Å²) in [7, 11) is 1.72. The third kappa shape index (κ3) is 3.83. The van der Waals surface area contributed by atoms with E-state index in [1.54, 1.807) is 19.6 Å². The number of methoxy groups -OCH3 is 1. The number of amides is 1. The first-order chi connectivity index (χ1) is 11.7. The third-order valence-corrected chi connectivity index (χ3v) is 4.67. The molecule has 1 amide bonds. The molecule has 1 fully saturated rings. The van der Waals surface area contributed by atoms with Crippen LogP contribution in [0, 0.1) is 5.41 Å². The normalized spacial score (nSPS) is 16.7. The number of carbonyl (C=O) groups excluding carboxylic acids is 1. The van der Waals surface area contributed by atoms with Gasteiger partial charge in [0.05, 0.1) is 12.9 Å². The lowest BCUT2D eigenvalue weighted by Crippen LogP contribution is -2.47. The van der Waals surface area contributed by atoms with Gasteiger partial charge in [0.15, 0.2) is 0 Å². The van der Waals surface area contributed by atoms with Gasteiger partial charge in [0.2, 0.25) is 0 Å². The zero-order valence-corrected chi connectivity index (χ0v) is 14.0. The Kier molecular flexibility index (Phi) is 5.27. The van der Waals surface area contributed by atoms with E-state index in [1.165, 1.54) is 0 Å². The SMILES string of the molecule is COCC1(CNC(=O)c2ccc(-n3ccnc3)cc2)CCNCC1. The zero-order chi connectivity index (χ0) is 16.8. The van der Waals surface area contributed by atoms with Crippen molar-refractivity contribution in [2.24, 2.45) is 5.41 Å². The summed E-state index contributed by atoms with van der Waals surface area (Å²) in [6.45, 7) is 3.26. The Hall–Kier alpha value is -2.18. The van der Waals surface area contributed by atoms with Crippen molar-refractivity contribution in [1.82, 2.24) is 20.2 Å². The molecule has 0 aliphatic carbocycles. The van der Waals surface area contributed by atoms with E-state index in [0.29, 0.717) is 18.7 Å². The summed E-state index contributed by atoms with van der Waals surface area (Å²) in [5, 5.41) is 6.44. The molecule has 1 aliphatic heterocycles. The number of piperidine rings is 1. The Morgan fingerprint density at radius 1 is 1.33 bits per heavy atom. The van der Waals surface area contributed by atoms with Crippen LogP contribution < -0.4 is 10.6 Å². The Balaban J connectivity index is 1.62. The summed E-state index contributed by atoms with van der Waals surface area (Å²) in [6, 6.07) is 7.53. The highest BCUT2D eigenvalue weighted by atomic mass is 16.5. The zero-order valence-electron chi connectivity index (χ0n) is 14.0. The predicted octanol–water partition coefficient (Wildman–Crippen LogP) is 1.62. The van der Waals surface area contributed by atoms with Crippen LogP contribution in [0.2, 0.25) is 0 Å². The van der Waals surface area contributed by atoms with Gasteiger partial charge in [-0.05, 0) is 50.2 Å². The topological polar surface area (TPSA) is 68.2 Å². The van der Waals surface area contributed by atoms with Gasteiger partial charge >= 0.3 is 0 Å². The van der Waals surface area contributed by atoms with Crippen molar-refractivity contribution in [3.8, 4) is 5.69 Å². The molecule has 1 saturated heterocycles. The minimum atomic E-state index is -0.0406. The number of ether oxygens (including phenoxy) is 1. The standard InChI is InChI=1S/C18H24N4O2/c1-24-13-18(6-8-19-9-7-18)12-21-17(23)15-2-4-16(5-3-15)22-11-10-20-14-22/h2-5,10-11,14,19H,6-9,12-13H2,1H3,(H,21,23). The average molecular weight is 328 g/mol. The monoisotopic (exact) mass is 328 g/mol. The van der Waals surface area contributed by atoms with Gasteiger partial charge in [-0.15, -0.1) is 0 Å². The third-order valence-electron chi connectivity index (χ3n) is 4.67. The number of nitrogens with one attached hydrogen (secondary N) is 2. The number of hydrogen-bond acceptors (Lipinski definition) is 4. The minimum absolute atomic E-state index is 0.0341. The first-order valence-electron chi connectivity index (χ1n) is 8.29. The summed E-state index contributed by atoms with van der Waals surface area (Å²) < 4.78 is 7.30. The maximum Gasteiger partial charge on any atom is 0.251 e. The van der Waals surface area contributed by atoms with Crippen LogP contribution in [0.4, 0.5) is 0 Å². The summed E-state index contributed by atoms with van der Waals surface area (Å²) in [5.74, 6) is -0.0406. The second kappa shape index (κ2) is 7.59. The fourth-order valence-corrected chi connectivity index (χ4v) is 3.20. The molecule has 0 unspecified atom stereocenters. The summed E-state index contributed by atoms with van der Waals surface area (Å²) >= 11 is 0. The van der Waals surface area contributed by atoms with Crippen molar-refractivity contribution in [3.05, 3.63) is 48.5 Å². The van der Waals surface area contributed by atoms with E-state index in [4.69, 9.17) is 4.74 Å². The van der Waals surface area contributed by atoms with E-state index in [9.17, 15) is 4.79 Å². The Morgan fingerprint density at radius 3 is 2.71 bits per heavy atom. The molecule has 1 aromatic carbocycles. The summed E-state index contributed by atoms with van der Waals surface area (Å²) in [4.78, 5) is 16.5. The van der Waals surface area contributed by atoms with Gasteiger partial charge in [0, 0.05) is 42.7 Å². The van der Waals surface area contributed by atoms with Crippen molar-refractivity contribution in [1.29, 1.82) is 0 Å². The Morgan fingerprint density at radius 2 is 2.08 bits per heavy atom. The van der Waals surface area contributed by atoms with Crippen molar-refractivity contribution in [2.75, 3.05) is 33.4 Å². The highest BCUT2D eigenvalue weighted by molar-refractivity contribution is 5.94. The van der Waals surface area contributed by atoms with E-state index >= 15 is 0 Å². The number of aromatic nitrogens is 2. The molecule has 24 heavy (non-hydrogen) atoms. The quantitative estimate of drug-likeness (QED) is 0.845. The molecule has 2 heterocycles. The number of imidazole rings is 1. The van der Waals surface area contributed by atoms with Crippen molar-refractivity contribution in [3.63, 3.8) is 0 Å². The van der Waals surface area contributed by atoms with Crippen LogP contribution in [0.15, 0.2) is 43.0 Å². The second-order valence-corrected chi connectivity index (χ2v) is 6.38. The van der Waals surface area contributed by atoms with Gasteiger partial charge in [-0.25, -0.2) is 4.98 Å². The molecule has 0 bridgehead atoms. The highest BCUT2D eigenvalue weighted by Crippen LogP contribution is 2.28. The summed E-state index contributed by atoms with van der Waals surface area (Å²) in [5.41, 5.74) is 1.69. The smallest absolute Gasteiger partial charge is 0.251 e. The molecule has 1 aliphatic rings. The van der Waals surface area contributed by atoms with E-state index in [1.807, 2.05) is 35.0 Å². The fourth-order valence-electron chi connectivity index (χ4n) is 3.20. The number of benzene rings is 1. The second-order valence-electron chi connectivity index (χ2n) is 6.38. The van der Waals surface area contributed by atoms with Gasteiger partial charge in [-0.1, -0.05) is 0 Å². The summed E-state index contributed by atoms with van der Waals surface area (Å²) in [6.07, 6.45) is 7.37. The first-order valence-corrected chi connectivity index (χ1v) is 8.29. The molecule has 1 aromatic heterocycles. The molecule has 0 radical (unpaired) electrons. The van der Waals surface area contributed by atoms with Crippen LogP contribution in [0.3, 0.4) is 0 Å². The first kappa shape index (κ1) is 16.7. The molecular formula is C18H24N4O2. The molecule has 128 valence electrons. The van der Waals surface area contributed by atoms with E-state index in [-0.39, 0.29) is 11.3 Å². The fraction of sp³-hybridized carbons (Fsp3) is 0.444. The average Bonchev–Trinajstić information content (AvgIpc) is 3.16. The van der Waals surface area contributed by atoms with E-state index in [0.717, 1.165) is 31.6 Å². The Labute approximate surface area is 142 Å². The molecule has 0 saturated carbocycles. The van der Waals surface area contributed by atoms with E-state index < -0.39 is 0 Å². The van der Waals surface area contributed by atoms with E-state index in [2.05, 4.69) is 15.6 Å². The molecular weight excluding hydrogens is 304 g/mol. The number of rotatable bonds is 6. The lowest BCUT2D eigenvalue weighted by Gasteiger charge is -2.37. The molecule has 0 atom stereocenters. The van der Waals surface area contributed by atoms with Gasteiger partial charge in [-0.2, -0.15) is 0 Å². The lowest BCUT2D eigenvalue weighted by molar-refractivity contribution is 0.0512. The number of hydrogen-bond donors (Lipinski definition) is 2. The predicted molar refractivity (Wildman–Crippen MR) is 92.3 cm³/mol. The lowest BCUT2D eigenvalue weighted by atomic mass is 9.79. The maximum atomic E-state index is 12.4. The molecule has 2 aromatic rings. The van der Waals surface area contributed by atoms with Crippen LogP contribution in [-0.2, 0) is 4.74 Å². The van der Waals surface area contributed by atoms with Crippen molar-refractivity contribution < 1.29 is 9.53 Å².